The van der Waals surface area contributed by atoms with Crippen molar-refractivity contribution >= 4 is 46.5 Å². The van der Waals surface area contributed by atoms with Crippen LogP contribution >= 0.6 is 11.8 Å². The monoisotopic (exact) mass is 589 g/mol. The van der Waals surface area contributed by atoms with Crippen molar-refractivity contribution in [3.05, 3.63) is 54.7 Å². The molecule has 12 heteroatoms. The fourth-order valence-electron chi connectivity index (χ4n) is 5.61. The van der Waals surface area contributed by atoms with Crippen molar-refractivity contribution in [1.29, 1.82) is 0 Å². The van der Waals surface area contributed by atoms with Crippen molar-refractivity contribution in [3.63, 3.8) is 0 Å². The first-order chi connectivity index (χ1) is 20.6. The molecule has 5 heterocycles. The van der Waals surface area contributed by atoms with Gasteiger partial charge in [-0.1, -0.05) is 17.8 Å². The molecule has 3 fully saturated rings. The number of nitrogens with one attached hydrogen (secondary N) is 1. The zero-order valence-corrected chi connectivity index (χ0v) is 25.0. The predicted molar refractivity (Wildman–Crippen MR) is 168 cm³/mol. The zero-order valence-electron chi connectivity index (χ0n) is 24.2. The molecule has 0 atom stereocenters. The van der Waals surface area contributed by atoms with Gasteiger partial charge in [-0.3, -0.25) is 9.69 Å². The first-order valence-corrected chi connectivity index (χ1v) is 15.9. The van der Waals surface area contributed by atoms with Crippen LogP contribution in [0, 0.1) is 0 Å². The summed E-state index contributed by atoms with van der Waals surface area (Å²) in [7, 11) is 0. The van der Waals surface area contributed by atoms with E-state index in [1.54, 1.807) is 0 Å². The number of nitrogens with zero attached hydrogens (tertiary/aromatic N) is 8. The van der Waals surface area contributed by atoms with Gasteiger partial charge in [0.05, 0.1) is 19.8 Å². The van der Waals surface area contributed by atoms with E-state index in [2.05, 4.69) is 54.2 Å². The van der Waals surface area contributed by atoms with Crippen LogP contribution in [0.5, 0.6) is 0 Å². The minimum absolute atomic E-state index is 0.205. The van der Waals surface area contributed by atoms with E-state index in [4.69, 9.17) is 14.7 Å². The van der Waals surface area contributed by atoms with Crippen LogP contribution < -0.4 is 20.0 Å². The number of aromatic nitrogens is 3. The quantitative estimate of drug-likeness (QED) is 0.311. The molecule has 3 aliphatic heterocycles. The third kappa shape index (κ3) is 7.05. The second-order valence-corrected chi connectivity index (χ2v) is 11.5. The van der Waals surface area contributed by atoms with Crippen molar-refractivity contribution in [1.82, 2.24) is 24.8 Å². The second-order valence-electron chi connectivity index (χ2n) is 10.7. The van der Waals surface area contributed by atoms with Crippen LogP contribution in [0.2, 0.25) is 0 Å². The summed E-state index contributed by atoms with van der Waals surface area (Å²) < 4.78 is 5.47. The molecule has 1 amide bonds. The number of morpholine rings is 1. The number of hydrogen-bond donors (Lipinski definition) is 1. The first kappa shape index (κ1) is 28.5. The van der Waals surface area contributed by atoms with Gasteiger partial charge in [-0.05, 0) is 42.7 Å². The Bertz CT molecular complexity index is 1310. The summed E-state index contributed by atoms with van der Waals surface area (Å²) in [6.45, 7) is 10.2. The van der Waals surface area contributed by atoms with Gasteiger partial charge in [0.25, 0.3) is 0 Å². The first-order valence-electron chi connectivity index (χ1n) is 14.7. The lowest BCUT2D eigenvalue weighted by Gasteiger charge is -2.38. The Labute approximate surface area is 251 Å². The highest BCUT2D eigenvalue weighted by molar-refractivity contribution is 7.98. The van der Waals surface area contributed by atoms with Crippen LogP contribution in [0.4, 0.5) is 28.8 Å². The molecule has 6 rings (SSSR count). The molecule has 42 heavy (non-hydrogen) atoms. The van der Waals surface area contributed by atoms with Crippen LogP contribution in [-0.2, 0) is 9.53 Å². The molecular weight excluding hydrogens is 550 g/mol. The largest absolute Gasteiger partial charge is 0.378 e. The summed E-state index contributed by atoms with van der Waals surface area (Å²) in [6.07, 6.45) is 3.82. The summed E-state index contributed by atoms with van der Waals surface area (Å²) >= 11 is 1.53. The highest BCUT2D eigenvalue weighted by Crippen LogP contribution is 2.26. The molecule has 222 valence electrons. The fraction of sp³-hybridized carbons (Fsp3) is 0.467. The zero-order chi connectivity index (χ0) is 28.7. The van der Waals surface area contributed by atoms with Crippen molar-refractivity contribution in [2.75, 3.05) is 111 Å². The van der Waals surface area contributed by atoms with Gasteiger partial charge in [0.2, 0.25) is 5.91 Å². The summed E-state index contributed by atoms with van der Waals surface area (Å²) in [4.78, 5) is 38.2. The van der Waals surface area contributed by atoms with Gasteiger partial charge in [0, 0.05) is 89.1 Å². The number of carbonyl (C=O) groups is 1. The Hall–Kier alpha value is -3.61. The predicted octanol–water partition coefficient (Wildman–Crippen LogP) is 2.64. The van der Waals surface area contributed by atoms with Crippen molar-refractivity contribution in [2.24, 2.45) is 0 Å². The van der Waals surface area contributed by atoms with Crippen molar-refractivity contribution < 1.29 is 9.53 Å². The van der Waals surface area contributed by atoms with Crippen molar-refractivity contribution in [2.45, 2.75) is 5.16 Å². The summed E-state index contributed by atoms with van der Waals surface area (Å²) in [5.41, 5.74) is 2.19. The standard InChI is InChI=1S/C30H39N9O2S/c1-42-30-33-26(32-24-5-7-25(8-6-24)36-18-20-41-21-19-36)22-28(34-30)38-14-16-39(17-15-38)29(40)23-35-10-12-37(13-11-35)27-4-2-3-9-31-27/h2-9,22H,10-21,23H2,1H3,(H,32,33,34). The Morgan fingerprint density at radius 1 is 0.833 bits per heavy atom. The van der Waals surface area contributed by atoms with Gasteiger partial charge in [0.1, 0.15) is 17.5 Å². The van der Waals surface area contributed by atoms with Gasteiger partial charge >= 0.3 is 0 Å². The van der Waals surface area contributed by atoms with E-state index in [9.17, 15) is 4.79 Å². The van der Waals surface area contributed by atoms with Gasteiger partial charge in [-0.25, -0.2) is 15.0 Å². The average molecular weight is 590 g/mol. The maximum atomic E-state index is 13.1. The van der Waals surface area contributed by atoms with Crippen LogP contribution in [0.3, 0.4) is 0 Å². The molecular formula is C30H39N9O2S. The lowest BCUT2D eigenvalue weighted by molar-refractivity contribution is -0.132. The maximum Gasteiger partial charge on any atom is 0.236 e. The molecule has 1 aromatic carbocycles. The molecule has 2 aromatic heterocycles. The van der Waals surface area contributed by atoms with Gasteiger partial charge in [0.15, 0.2) is 5.16 Å². The molecule has 1 N–H and O–H groups in total. The van der Waals surface area contributed by atoms with E-state index in [0.717, 1.165) is 93.9 Å². The number of thioether (sulfide) groups is 1. The molecule has 11 nitrogen and oxygen atoms in total. The minimum atomic E-state index is 0.205. The smallest absolute Gasteiger partial charge is 0.236 e. The number of hydrogen-bond acceptors (Lipinski definition) is 11. The number of pyridine rings is 1. The third-order valence-corrected chi connectivity index (χ3v) is 8.60. The third-order valence-electron chi connectivity index (χ3n) is 8.05. The molecule has 0 radical (unpaired) electrons. The molecule has 0 spiro atoms. The Kier molecular flexibility index (Phi) is 9.21. The molecule has 3 aliphatic rings. The summed E-state index contributed by atoms with van der Waals surface area (Å²) in [5, 5.41) is 4.19. The van der Waals surface area contributed by atoms with E-state index < -0.39 is 0 Å². The Balaban J connectivity index is 1.01. The number of amides is 1. The molecule has 3 aromatic rings. The number of benzene rings is 1. The van der Waals surface area contributed by atoms with Crippen LogP contribution in [0.25, 0.3) is 0 Å². The summed E-state index contributed by atoms with van der Waals surface area (Å²) in [6, 6.07) is 16.5. The molecule has 0 aliphatic carbocycles. The van der Waals surface area contributed by atoms with E-state index in [1.165, 1.54) is 17.4 Å². The second kappa shape index (κ2) is 13.6. The molecule has 0 bridgehead atoms. The normalized spacial score (nSPS) is 18.3. The lowest BCUT2D eigenvalue weighted by Crippen LogP contribution is -2.54. The Morgan fingerprint density at radius 2 is 1.55 bits per heavy atom. The molecule has 0 saturated carbocycles. The van der Waals surface area contributed by atoms with E-state index in [1.807, 2.05) is 41.6 Å². The minimum Gasteiger partial charge on any atom is -0.378 e. The average Bonchev–Trinajstić information content (AvgIpc) is 3.06. The molecule has 0 unspecified atom stereocenters. The van der Waals surface area contributed by atoms with Crippen LogP contribution in [-0.4, -0.2) is 122 Å². The summed E-state index contributed by atoms with van der Waals surface area (Å²) in [5.74, 6) is 2.87. The Morgan fingerprint density at radius 3 is 2.24 bits per heavy atom. The van der Waals surface area contributed by atoms with Crippen LogP contribution in [0.15, 0.2) is 59.9 Å². The number of piperazine rings is 2. The highest BCUT2D eigenvalue weighted by Gasteiger charge is 2.26. The molecule has 3 saturated heterocycles. The van der Waals surface area contributed by atoms with E-state index in [0.29, 0.717) is 19.6 Å². The SMILES string of the molecule is CSc1nc(Nc2ccc(N3CCOCC3)cc2)cc(N2CCN(C(=O)CN3CCN(c4ccccn4)CC3)CC2)n1. The van der Waals surface area contributed by atoms with E-state index in [-0.39, 0.29) is 5.91 Å². The lowest BCUT2D eigenvalue weighted by atomic mass is 10.2. The van der Waals surface area contributed by atoms with E-state index >= 15 is 0 Å². The van der Waals surface area contributed by atoms with Gasteiger partial charge in [-0.15, -0.1) is 0 Å². The fourth-order valence-corrected chi connectivity index (χ4v) is 5.98. The number of rotatable bonds is 8. The van der Waals surface area contributed by atoms with Crippen LogP contribution in [0.1, 0.15) is 0 Å². The van der Waals surface area contributed by atoms with Gasteiger partial charge in [-0.2, -0.15) is 0 Å². The number of ether oxygens (including phenoxy) is 1. The number of carbonyl (C=O) groups excluding carboxylic acids is 1. The maximum absolute atomic E-state index is 13.1. The van der Waals surface area contributed by atoms with Crippen molar-refractivity contribution in [3.8, 4) is 0 Å². The topological polar surface area (TPSA) is 93.2 Å². The van der Waals surface area contributed by atoms with Gasteiger partial charge < -0.3 is 29.7 Å². The number of anilines is 5. The highest BCUT2D eigenvalue weighted by atomic mass is 32.2.